The molecule has 2 amide bonds. The maximum atomic E-state index is 12.4. The van der Waals surface area contributed by atoms with Crippen molar-refractivity contribution >= 4 is 11.7 Å². The summed E-state index contributed by atoms with van der Waals surface area (Å²) in [6, 6.07) is 14.0. The van der Waals surface area contributed by atoms with Crippen molar-refractivity contribution in [2.45, 2.75) is 19.9 Å². The highest BCUT2D eigenvalue weighted by atomic mass is 16.2. The number of pyridine rings is 1. The van der Waals surface area contributed by atoms with Gasteiger partial charge in [-0.3, -0.25) is 9.88 Å². The Morgan fingerprint density at radius 1 is 1.08 bits per heavy atom. The molecule has 1 saturated heterocycles. The minimum Gasteiger partial charge on any atom is -0.322 e. The van der Waals surface area contributed by atoms with Gasteiger partial charge in [-0.25, -0.2) is 4.79 Å². The second kappa shape index (κ2) is 7.93. The van der Waals surface area contributed by atoms with Gasteiger partial charge >= 0.3 is 6.03 Å². The number of carbonyl (C=O) groups excluding carboxylic acids is 1. The Morgan fingerprint density at radius 3 is 2.46 bits per heavy atom. The molecule has 0 saturated carbocycles. The minimum atomic E-state index is -0.0169. The summed E-state index contributed by atoms with van der Waals surface area (Å²) < 4.78 is 0. The van der Waals surface area contributed by atoms with Crippen molar-refractivity contribution < 1.29 is 4.79 Å². The third-order valence-corrected chi connectivity index (χ3v) is 4.38. The van der Waals surface area contributed by atoms with E-state index < -0.39 is 0 Å². The summed E-state index contributed by atoms with van der Waals surface area (Å²) >= 11 is 0. The molecule has 1 aliphatic rings. The van der Waals surface area contributed by atoms with Crippen molar-refractivity contribution in [1.29, 1.82) is 0 Å². The molecule has 0 bridgehead atoms. The zero-order chi connectivity index (χ0) is 16.8. The molecule has 0 unspecified atom stereocenters. The monoisotopic (exact) mass is 324 g/mol. The van der Waals surface area contributed by atoms with Gasteiger partial charge < -0.3 is 10.2 Å². The van der Waals surface area contributed by atoms with Gasteiger partial charge in [-0.05, 0) is 36.2 Å². The molecule has 1 aromatic carbocycles. The Morgan fingerprint density at radius 2 is 1.83 bits per heavy atom. The first-order chi connectivity index (χ1) is 11.7. The number of urea groups is 1. The maximum Gasteiger partial charge on any atom is 0.321 e. The molecule has 1 fully saturated rings. The van der Waals surface area contributed by atoms with E-state index in [4.69, 9.17) is 0 Å². The third-order valence-electron chi connectivity index (χ3n) is 4.38. The number of piperazine rings is 1. The first-order valence-electron chi connectivity index (χ1n) is 8.51. The molecule has 0 atom stereocenters. The van der Waals surface area contributed by atoms with Crippen LogP contribution in [0.5, 0.6) is 0 Å². The fourth-order valence-electron chi connectivity index (χ4n) is 2.86. The van der Waals surface area contributed by atoms with Gasteiger partial charge in [0, 0.05) is 44.6 Å². The normalized spacial score (nSPS) is 15.3. The second-order valence-corrected chi connectivity index (χ2v) is 6.06. The average molecular weight is 324 g/mol. The second-order valence-electron chi connectivity index (χ2n) is 6.06. The van der Waals surface area contributed by atoms with Crippen LogP contribution < -0.4 is 5.32 Å². The molecular formula is C19H24N4O. The van der Waals surface area contributed by atoms with E-state index in [1.54, 1.807) is 0 Å². The van der Waals surface area contributed by atoms with E-state index in [-0.39, 0.29) is 6.03 Å². The number of rotatable bonds is 4. The van der Waals surface area contributed by atoms with Gasteiger partial charge in [0.2, 0.25) is 0 Å². The Balaban J connectivity index is 1.47. The van der Waals surface area contributed by atoms with E-state index in [0.29, 0.717) is 0 Å². The van der Waals surface area contributed by atoms with Crippen LogP contribution >= 0.6 is 0 Å². The Kier molecular flexibility index (Phi) is 5.43. The Hall–Kier alpha value is -2.40. The zero-order valence-electron chi connectivity index (χ0n) is 14.1. The smallest absolute Gasteiger partial charge is 0.321 e. The van der Waals surface area contributed by atoms with Gasteiger partial charge in [0.15, 0.2) is 0 Å². The maximum absolute atomic E-state index is 12.4. The number of nitrogens with zero attached hydrogens (tertiary/aromatic N) is 3. The fraction of sp³-hybridized carbons (Fsp3) is 0.368. The molecule has 5 nitrogen and oxygen atoms in total. The van der Waals surface area contributed by atoms with Crippen LogP contribution in [0.1, 0.15) is 18.2 Å². The van der Waals surface area contributed by atoms with Crippen LogP contribution in [0.3, 0.4) is 0 Å². The number of nitrogens with one attached hydrogen (secondary N) is 1. The van der Waals surface area contributed by atoms with Crippen molar-refractivity contribution in [2.24, 2.45) is 0 Å². The van der Waals surface area contributed by atoms with Gasteiger partial charge in [0.05, 0.1) is 5.69 Å². The quantitative estimate of drug-likeness (QED) is 0.940. The summed E-state index contributed by atoms with van der Waals surface area (Å²) in [5, 5.41) is 2.98. The number of hydrogen-bond donors (Lipinski definition) is 1. The average Bonchev–Trinajstić information content (AvgIpc) is 2.64. The molecular weight excluding hydrogens is 300 g/mol. The summed E-state index contributed by atoms with van der Waals surface area (Å²) in [5.41, 5.74) is 3.20. The predicted octanol–water partition coefficient (Wildman–Crippen LogP) is 2.99. The molecule has 0 spiro atoms. The standard InChI is InChI=1S/C19H24N4O/c1-2-16-6-8-17(9-7-16)21-19(24)23-13-11-22(12-14-23)15-18-5-3-4-10-20-18/h3-10H,2,11-15H2,1H3,(H,21,24). The number of anilines is 1. The molecule has 1 aromatic heterocycles. The van der Waals surface area contributed by atoms with E-state index in [1.807, 2.05) is 41.4 Å². The van der Waals surface area contributed by atoms with Crippen LogP contribution in [0.25, 0.3) is 0 Å². The summed E-state index contributed by atoms with van der Waals surface area (Å²) in [6.45, 7) is 6.20. The van der Waals surface area contributed by atoms with Gasteiger partial charge in [-0.15, -0.1) is 0 Å². The molecule has 1 N–H and O–H groups in total. The molecule has 1 aliphatic heterocycles. The number of aryl methyl sites for hydroxylation is 1. The molecule has 0 radical (unpaired) electrons. The van der Waals surface area contributed by atoms with E-state index >= 15 is 0 Å². The number of hydrogen-bond acceptors (Lipinski definition) is 3. The minimum absolute atomic E-state index is 0.0169. The summed E-state index contributed by atoms with van der Waals surface area (Å²) in [4.78, 5) is 20.9. The van der Waals surface area contributed by atoms with E-state index in [2.05, 4.69) is 34.3 Å². The number of carbonyl (C=O) groups is 1. The van der Waals surface area contributed by atoms with Crippen LogP contribution in [0.4, 0.5) is 10.5 Å². The first-order valence-corrected chi connectivity index (χ1v) is 8.51. The van der Waals surface area contributed by atoms with Gasteiger partial charge in [0.25, 0.3) is 0 Å². The van der Waals surface area contributed by atoms with Crippen LogP contribution in [-0.2, 0) is 13.0 Å². The summed E-state index contributed by atoms with van der Waals surface area (Å²) in [6.07, 6.45) is 2.83. The Bertz CT molecular complexity index is 649. The zero-order valence-corrected chi connectivity index (χ0v) is 14.1. The molecule has 0 aliphatic carbocycles. The van der Waals surface area contributed by atoms with Crippen molar-refractivity contribution in [3.63, 3.8) is 0 Å². The lowest BCUT2D eigenvalue weighted by Gasteiger charge is -2.34. The van der Waals surface area contributed by atoms with Gasteiger partial charge in [0.1, 0.15) is 0 Å². The van der Waals surface area contributed by atoms with E-state index in [1.165, 1.54) is 5.56 Å². The lowest BCUT2D eigenvalue weighted by Crippen LogP contribution is -2.49. The van der Waals surface area contributed by atoms with Gasteiger partial charge in [-0.2, -0.15) is 0 Å². The van der Waals surface area contributed by atoms with Crippen molar-refractivity contribution in [1.82, 2.24) is 14.8 Å². The highest BCUT2D eigenvalue weighted by Gasteiger charge is 2.21. The largest absolute Gasteiger partial charge is 0.322 e. The summed E-state index contributed by atoms with van der Waals surface area (Å²) in [5.74, 6) is 0. The van der Waals surface area contributed by atoms with Crippen molar-refractivity contribution in [3.8, 4) is 0 Å². The molecule has 126 valence electrons. The third kappa shape index (κ3) is 4.32. The number of amides is 2. The molecule has 2 aromatic rings. The van der Waals surface area contributed by atoms with Gasteiger partial charge in [-0.1, -0.05) is 25.1 Å². The summed E-state index contributed by atoms with van der Waals surface area (Å²) in [7, 11) is 0. The Labute approximate surface area is 143 Å². The van der Waals surface area contributed by atoms with Crippen molar-refractivity contribution in [3.05, 3.63) is 59.9 Å². The molecule has 3 rings (SSSR count). The van der Waals surface area contributed by atoms with Crippen molar-refractivity contribution in [2.75, 3.05) is 31.5 Å². The van der Waals surface area contributed by atoms with Crippen LogP contribution in [0, 0.1) is 0 Å². The van der Waals surface area contributed by atoms with E-state index in [9.17, 15) is 4.79 Å². The predicted molar refractivity (Wildman–Crippen MR) is 95.9 cm³/mol. The topological polar surface area (TPSA) is 48.5 Å². The van der Waals surface area contributed by atoms with E-state index in [0.717, 1.165) is 50.5 Å². The number of aromatic nitrogens is 1. The SMILES string of the molecule is CCc1ccc(NC(=O)N2CCN(Cc3ccccn3)CC2)cc1. The van der Waals surface area contributed by atoms with Crippen LogP contribution in [0.2, 0.25) is 0 Å². The lowest BCUT2D eigenvalue weighted by molar-refractivity contribution is 0.142. The highest BCUT2D eigenvalue weighted by molar-refractivity contribution is 5.89. The molecule has 24 heavy (non-hydrogen) atoms. The van der Waals surface area contributed by atoms with Crippen LogP contribution in [-0.4, -0.2) is 47.0 Å². The first kappa shape index (κ1) is 16.5. The molecule has 2 heterocycles. The lowest BCUT2D eigenvalue weighted by atomic mass is 10.1. The fourth-order valence-corrected chi connectivity index (χ4v) is 2.86. The molecule has 5 heteroatoms. The van der Waals surface area contributed by atoms with Crippen LogP contribution in [0.15, 0.2) is 48.7 Å². The number of benzene rings is 1. The highest BCUT2D eigenvalue weighted by Crippen LogP contribution is 2.12.